The molecule has 0 saturated carbocycles. The molecule has 0 bridgehead atoms. The molecule has 2 unspecified atom stereocenters. The van der Waals surface area contributed by atoms with E-state index in [0.717, 1.165) is 33.7 Å². The van der Waals surface area contributed by atoms with Crippen molar-refractivity contribution < 1.29 is 14.6 Å². The van der Waals surface area contributed by atoms with Crippen LogP contribution in [0.4, 0.5) is 0 Å². The molecule has 7 heteroatoms. The smallest absolute Gasteiger partial charge is 0.313 e. The lowest BCUT2D eigenvalue weighted by Crippen LogP contribution is -2.18. The molecule has 2 atom stereocenters. The van der Waals surface area contributed by atoms with E-state index in [9.17, 15) is 4.79 Å². The van der Waals surface area contributed by atoms with Crippen LogP contribution < -0.4 is 0 Å². The molecular weight excluding hydrogens is 356 g/mol. The number of halogens is 1. The molecule has 1 aromatic heterocycles. The third kappa shape index (κ3) is 2.95. The molecule has 0 spiro atoms. The van der Waals surface area contributed by atoms with Gasteiger partial charge in [0.2, 0.25) is 0 Å². The molecule has 2 aromatic rings. The SMILES string of the molecule is CC1OCCC1n1c(SCC(=O)O)nc2cc(Br)ccc21. The van der Waals surface area contributed by atoms with Crippen LogP contribution in [0.15, 0.2) is 27.8 Å². The third-order valence-electron chi connectivity index (χ3n) is 3.61. The average Bonchev–Trinajstić information content (AvgIpc) is 2.98. The second kappa shape index (κ2) is 5.98. The van der Waals surface area contributed by atoms with Gasteiger partial charge in [-0.15, -0.1) is 0 Å². The number of hydrogen-bond donors (Lipinski definition) is 1. The number of ether oxygens (including phenoxy) is 1. The normalized spacial score (nSPS) is 22.0. The highest BCUT2D eigenvalue weighted by atomic mass is 79.9. The highest BCUT2D eigenvalue weighted by Gasteiger charge is 2.29. The minimum Gasteiger partial charge on any atom is -0.481 e. The lowest BCUT2D eigenvalue weighted by Gasteiger charge is -2.19. The van der Waals surface area contributed by atoms with Crippen LogP contribution >= 0.6 is 27.7 Å². The van der Waals surface area contributed by atoms with Crippen molar-refractivity contribution in [2.24, 2.45) is 0 Å². The van der Waals surface area contributed by atoms with Crippen molar-refractivity contribution in [2.45, 2.75) is 30.6 Å². The summed E-state index contributed by atoms with van der Waals surface area (Å²) < 4.78 is 8.75. The van der Waals surface area contributed by atoms with Crippen molar-refractivity contribution in [3.8, 4) is 0 Å². The molecule has 0 amide bonds. The molecule has 1 aromatic carbocycles. The topological polar surface area (TPSA) is 64.3 Å². The van der Waals surface area contributed by atoms with Crippen molar-refractivity contribution in [1.82, 2.24) is 9.55 Å². The van der Waals surface area contributed by atoms with Crippen molar-refractivity contribution in [3.63, 3.8) is 0 Å². The number of aliphatic carboxylic acids is 1. The molecule has 5 nitrogen and oxygen atoms in total. The standard InChI is InChI=1S/C14H15BrN2O3S/c1-8-11(4-5-20-8)17-12-3-2-9(15)6-10(12)16-14(17)21-7-13(18)19/h2-3,6,8,11H,4-5,7H2,1H3,(H,18,19). The number of imidazole rings is 1. The van der Waals surface area contributed by atoms with Gasteiger partial charge in [-0.1, -0.05) is 27.7 Å². The van der Waals surface area contributed by atoms with Crippen LogP contribution in [0.2, 0.25) is 0 Å². The van der Waals surface area contributed by atoms with Crippen LogP contribution in [0, 0.1) is 0 Å². The van der Waals surface area contributed by atoms with Crippen molar-refractivity contribution >= 4 is 44.7 Å². The third-order valence-corrected chi connectivity index (χ3v) is 5.04. The molecular formula is C14H15BrN2O3S. The molecule has 0 radical (unpaired) electrons. The highest BCUT2D eigenvalue weighted by molar-refractivity contribution is 9.10. The summed E-state index contributed by atoms with van der Waals surface area (Å²) >= 11 is 4.71. The summed E-state index contributed by atoms with van der Waals surface area (Å²) in [6.07, 6.45) is 1.03. The molecule has 21 heavy (non-hydrogen) atoms. The first-order chi connectivity index (χ1) is 10.1. The Balaban J connectivity index is 2.08. The lowest BCUT2D eigenvalue weighted by atomic mass is 10.1. The van der Waals surface area contributed by atoms with Gasteiger partial charge in [0.05, 0.1) is 28.9 Å². The summed E-state index contributed by atoms with van der Waals surface area (Å²) in [7, 11) is 0. The summed E-state index contributed by atoms with van der Waals surface area (Å²) in [6, 6.07) is 6.15. The minimum absolute atomic E-state index is 0.00640. The summed E-state index contributed by atoms with van der Waals surface area (Å²) in [5, 5.41) is 9.66. The molecule has 3 rings (SSSR count). The second-order valence-electron chi connectivity index (χ2n) is 5.01. The van der Waals surface area contributed by atoms with Gasteiger partial charge in [0.25, 0.3) is 0 Å². The van der Waals surface area contributed by atoms with E-state index in [4.69, 9.17) is 9.84 Å². The molecule has 1 saturated heterocycles. The molecule has 1 fully saturated rings. The number of fused-ring (bicyclic) bond motifs is 1. The number of thioether (sulfide) groups is 1. The summed E-state index contributed by atoms with van der Waals surface area (Å²) in [5.41, 5.74) is 1.89. The number of rotatable bonds is 4. The van der Waals surface area contributed by atoms with Crippen LogP contribution in [-0.2, 0) is 9.53 Å². The van der Waals surface area contributed by atoms with E-state index in [1.165, 1.54) is 11.8 Å². The quantitative estimate of drug-likeness (QED) is 0.836. The van der Waals surface area contributed by atoms with Crippen molar-refractivity contribution in [2.75, 3.05) is 12.4 Å². The first-order valence-corrected chi connectivity index (χ1v) is 8.48. The number of carboxylic acid groups (broad SMARTS) is 1. The minimum atomic E-state index is -0.837. The highest BCUT2D eigenvalue weighted by Crippen LogP contribution is 2.35. The maximum absolute atomic E-state index is 10.8. The van der Waals surface area contributed by atoms with E-state index in [1.54, 1.807) is 0 Å². The van der Waals surface area contributed by atoms with E-state index in [0.29, 0.717) is 0 Å². The number of hydrogen-bond acceptors (Lipinski definition) is 4. The number of aromatic nitrogens is 2. The van der Waals surface area contributed by atoms with Gasteiger partial charge in [0.1, 0.15) is 0 Å². The van der Waals surface area contributed by atoms with Gasteiger partial charge in [-0.25, -0.2) is 4.98 Å². The fourth-order valence-electron chi connectivity index (χ4n) is 2.66. The number of carbonyl (C=O) groups is 1. The maximum Gasteiger partial charge on any atom is 0.313 e. The average molecular weight is 371 g/mol. The van der Waals surface area contributed by atoms with E-state index in [1.807, 2.05) is 25.1 Å². The Bertz CT molecular complexity index is 688. The number of benzene rings is 1. The fourth-order valence-corrected chi connectivity index (χ4v) is 3.80. The molecule has 2 heterocycles. The molecule has 0 aliphatic carbocycles. The van der Waals surface area contributed by atoms with Crippen LogP contribution in [0.1, 0.15) is 19.4 Å². The van der Waals surface area contributed by atoms with Gasteiger partial charge < -0.3 is 14.4 Å². The zero-order valence-corrected chi connectivity index (χ0v) is 13.9. The van der Waals surface area contributed by atoms with E-state index in [-0.39, 0.29) is 17.9 Å². The van der Waals surface area contributed by atoms with Crippen LogP contribution in [0.25, 0.3) is 11.0 Å². The number of carboxylic acids is 1. The van der Waals surface area contributed by atoms with Gasteiger partial charge in [0, 0.05) is 11.1 Å². The Labute approximate surface area is 134 Å². The lowest BCUT2D eigenvalue weighted by molar-refractivity contribution is -0.133. The van der Waals surface area contributed by atoms with Crippen LogP contribution in [-0.4, -0.2) is 39.1 Å². The molecule has 1 N–H and O–H groups in total. The Hall–Kier alpha value is -1.05. The van der Waals surface area contributed by atoms with Crippen molar-refractivity contribution in [1.29, 1.82) is 0 Å². The van der Waals surface area contributed by atoms with E-state index in [2.05, 4.69) is 25.5 Å². The Morgan fingerprint density at radius 2 is 2.43 bits per heavy atom. The predicted octanol–water partition coefficient (Wildman–Crippen LogP) is 3.33. The van der Waals surface area contributed by atoms with E-state index >= 15 is 0 Å². The Morgan fingerprint density at radius 1 is 1.62 bits per heavy atom. The summed E-state index contributed by atoms with van der Waals surface area (Å²) in [4.78, 5) is 15.5. The van der Waals surface area contributed by atoms with Gasteiger partial charge in [-0.05, 0) is 31.5 Å². The van der Waals surface area contributed by atoms with Gasteiger partial charge in [-0.2, -0.15) is 0 Å². The van der Waals surface area contributed by atoms with Gasteiger partial charge in [-0.3, -0.25) is 4.79 Å². The first kappa shape index (κ1) is 14.9. The zero-order valence-electron chi connectivity index (χ0n) is 11.5. The monoisotopic (exact) mass is 370 g/mol. The first-order valence-electron chi connectivity index (χ1n) is 6.70. The van der Waals surface area contributed by atoms with Crippen LogP contribution in [0.3, 0.4) is 0 Å². The Kier molecular flexibility index (Phi) is 4.24. The van der Waals surface area contributed by atoms with Crippen LogP contribution in [0.5, 0.6) is 0 Å². The molecule has 112 valence electrons. The fraction of sp³-hybridized carbons (Fsp3) is 0.429. The summed E-state index contributed by atoms with van der Waals surface area (Å²) in [5.74, 6) is -0.831. The van der Waals surface area contributed by atoms with Crippen molar-refractivity contribution in [3.05, 3.63) is 22.7 Å². The summed E-state index contributed by atoms with van der Waals surface area (Å²) in [6.45, 7) is 2.78. The number of nitrogens with zero attached hydrogens (tertiary/aromatic N) is 2. The van der Waals surface area contributed by atoms with Gasteiger partial charge in [0.15, 0.2) is 5.16 Å². The second-order valence-corrected chi connectivity index (χ2v) is 6.87. The van der Waals surface area contributed by atoms with E-state index < -0.39 is 5.97 Å². The Morgan fingerprint density at radius 3 is 3.10 bits per heavy atom. The largest absolute Gasteiger partial charge is 0.481 e. The molecule has 1 aliphatic rings. The zero-order chi connectivity index (χ0) is 15.0. The van der Waals surface area contributed by atoms with Gasteiger partial charge >= 0.3 is 5.97 Å². The maximum atomic E-state index is 10.8. The molecule has 1 aliphatic heterocycles. The predicted molar refractivity (Wildman–Crippen MR) is 84.9 cm³/mol.